The molecule has 0 radical (unpaired) electrons. The van der Waals surface area contributed by atoms with Gasteiger partial charge in [-0.3, -0.25) is 0 Å². The molecule has 20 heavy (non-hydrogen) atoms. The molecule has 1 aromatic rings. The molecular formula is C14H19F3N2O. The van der Waals surface area contributed by atoms with Gasteiger partial charge in [-0.25, -0.2) is 0 Å². The third-order valence-electron chi connectivity index (χ3n) is 3.75. The van der Waals surface area contributed by atoms with Crippen molar-refractivity contribution in [2.45, 2.75) is 25.4 Å². The summed E-state index contributed by atoms with van der Waals surface area (Å²) in [6, 6.07) is 3.51. The molecule has 3 N–H and O–H groups in total. The van der Waals surface area contributed by atoms with Crippen molar-refractivity contribution in [3.8, 4) is 0 Å². The Hall–Kier alpha value is -1.43. The lowest BCUT2D eigenvalue weighted by molar-refractivity contribution is -0.137. The van der Waals surface area contributed by atoms with Crippen LogP contribution in [0.25, 0.3) is 0 Å². The normalized spacial score (nSPS) is 20.2. The van der Waals surface area contributed by atoms with E-state index in [1.54, 1.807) is 0 Å². The maximum atomic E-state index is 12.6. The van der Waals surface area contributed by atoms with Crippen LogP contribution < -0.4 is 10.6 Å². The first-order chi connectivity index (χ1) is 9.41. The van der Waals surface area contributed by atoms with Crippen molar-refractivity contribution in [2.75, 3.05) is 30.3 Å². The molecule has 0 spiro atoms. The summed E-state index contributed by atoms with van der Waals surface area (Å²) in [7, 11) is 0. The number of piperidine rings is 1. The van der Waals surface area contributed by atoms with Crippen LogP contribution in [0.3, 0.4) is 0 Å². The van der Waals surface area contributed by atoms with Gasteiger partial charge in [0.15, 0.2) is 0 Å². The Morgan fingerprint density at radius 1 is 1.35 bits per heavy atom. The molecule has 112 valence electrons. The van der Waals surface area contributed by atoms with Crippen LogP contribution in [0.15, 0.2) is 18.2 Å². The number of nitrogens with zero attached hydrogens (tertiary/aromatic N) is 1. The van der Waals surface area contributed by atoms with Gasteiger partial charge in [0.05, 0.1) is 16.9 Å². The first kappa shape index (κ1) is 15.0. The Kier molecular flexibility index (Phi) is 4.42. The maximum Gasteiger partial charge on any atom is 0.416 e. The second-order valence-electron chi connectivity index (χ2n) is 5.24. The number of nitrogens with two attached hydrogens (primary N) is 1. The fourth-order valence-corrected chi connectivity index (χ4v) is 2.72. The van der Waals surface area contributed by atoms with E-state index >= 15 is 0 Å². The van der Waals surface area contributed by atoms with Gasteiger partial charge < -0.3 is 15.7 Å². The average molecular weight is 288 g/mol. The monoisotopic (exact) mass is 288 g/mol. The summed E-state index contributed by atoms with van der Waals surface area (Å²) in [4.78, 5) is 2.01. The molecule has 1 unspecified atom stereocenters. The van der Waals surface area contributed by atoms with Crippen LogP contribution in [0.5, 0.6) is 0 Å². The molecule has 1 aromatic carbocycles. The standard InChI is InChI=1S/C14H19F3N2O/c15-14(16,17)11-3-4-13(12(18)8-11)19-6-1-2-10(9-19)5-7-20/h3-4,8,10,20H,1-2,5-7,9,18H2. The number of halogens is 3. The predicted molar refractivity (Wildman–Crippen MR) is 72.5 cm³/mol. The molecule has 0 saturated carbocycles. The molecule has 0 amide bonds. The molecule has 1 aliphatic heterocycles. The number of benzene rings is 1. The highest BCUT2D eigenvalue weighted by molar-refractivity contribution is 5.69. The maximum absolute atomic E-state index is 12.6. The lowest BCUT2D eigenvalue weighted by Gasteiger charge is -2.35. The molecule has 3 nitrogen and oxygen atoms in total. The van der Waals surface area contributed by atoms with Crippen molar-refractivity contribution in [1.82, 2.24) is 0 Å². The lowest BCUT2D eigenvalue weighted by atomic mass is 9.94. The van der Waals surface area contributed by atoms with Gasteiger partial charge in [-0.05, 0) is 43.4 Å². The highest BCUT2D eigenvalue weighted by atomic mass is 19.4. The van der Waals surface area contributed by atoms with Crippen LogP contribution in [0.4, 0.5) is 24.5 Å². The number of rotatable bonds is 3. The summed E-state index contributed by atoms with van der Waals surface area (Å²) in [6.07, 6.45) is -1.65. The van der Waals surface area contributed by atoms with Crippen LogP contribution in [0.1, 0.15) is 24.8 Å². The van der Waals surface area contributed by atoms with Gasteiger partial charge in [0.2, 0.25) is 0 Å². The van der Waals surface area contributed by atoms with Gasteiger partial charge in [0.25, 0.3) is 0 Å². The van der Waals surface area contributed by atoms with Crippen molar-refractivity contribution in [2.24, 2.45) is 5.92 Å². The first-order valence-corrected chi connectivity index (χ1v) is 6.74. The molecule has 1 heterocycles. The second kappa shape index (κ2) is 5.91. The SMILES string of the molecule is Nc1cc(C(F)(F)F)ccc1N1CCCC(CCO)C1. The number of alkyl halides is 3. The lowest BCUT2D eigenvalue weighted by Crippen LogP contribution is -2.36. The third-order valence-corrected chi connectivity index (χ3v) is 3.75. The fraction of sp³-hybridized carbons (Fsp3) is 0.571. The molecule has 1 aliphatic rings. The minimum absolute atomic E-state index is 0.140. The number of hydrogen-bond acceptors (Lipinski definition) is 3. The van der Waals surface area contributed by atoms with Gasteiger partial charge in [0, 0.05) is 19.7 Å². The molecule has 1 fully saturated rings. The quantitative estimate of drug-likeness (QED) is 0.841. The van der Waals surface area contributed by atoms with E-state index in [1.807, 2.05) is 4.90 Å². The average Bonchev–Trinajstić information content (AvgIpc) is 2.38. The van der Waals surface area contributed by atoms with E-state index in [1.165, 1.54) is 6.07 Å². The highest BCUT2D eigenvalue weighted by Gasteiger charge is 2.31. The summed E-state index contributed by atoms with van der Waals surface area (Å²) in [5.41, 5.74) is 5.87. The fourth-order valence-electron chi connectivity index (χ4n) is 2.72. The minimum atomic E-state index is -4.37. The van der Waals surface area contributed by atoms with Gasteiger partial charge in [-0.15, -0.1) is 0 Å². The largest absolute Gasteiger partial charge is 0.416 e. The van der Waals surface area contributed by atoms with Crippen LogP contribution in [-0.2, 0) is 6.18 Å². The number of aliphatic hydroxyl groups is 1. The topological polar surface area (TPSA) is 49.5 Å². The molecular weight excluding hydrogens is 269 g/mol. The number of nitrogen functional groups attached to an aromatic ring is 1. The molecule has 0 aliphatic carbocycles. The zero-order chi connectivity index (χ0) is 14.8. The summed E-state index contributed by atoms with van der Waals surface area (Å²) in [5, 5.41) is 8.99. The zero-order valence-corrected chi connectivity index (χ0v) is 11.2. The highest BCUT2D eigenvalue weighted by Crippen LogP contribution is 2.35. The Bertz CT molecular complexity index is 460. The Morgan fingerprint density at radius 3 is 2.70 bits per heavy atom. The summed E-state index contributed by atoms with van der Waals surface area (Å²) >= 11 is 0. The Labute approximate surface area is 116 Å². The first-order valence-electron chi connectivity index (χ1n) is 6.74. The minimum Gasteiger partial charge on any atom is -0.397 e. The van der Waals surface area contributed by atoms with E-state index in [9.17, 15) is 13.2 Å². The summed E-state index contributed by atoms with van der Waals surface area (Å²) in [5.74, 6) is 0.371. The Morgan fingerprint density at radius 2 is 2.10 bits per heavy atom. The van der Waals surface area contributed by atoms with Gasteiger partial charge in [0.1, 0.15) is 0 Å². The van der Waals surface area contributed by atoms with Crippen LogP contribution in [-0.4, -0.2) is 24.8 Å². The number of hydrogen-bond donors (Lipinski definition) is 2. The smallest absolute Gasteiger partial charge is 0.397 e. The molecule has 2 rings (SSSR count). The van der Waals surface area contributed by atoms with E-state index in [0.29, 0.717) is 11.6 Å². The van der Waals surface area contributed by atoms with Crippen LogP contribution >= 0.6 is 0 Å². The molecule has 1 atom stereocenters. The molecule has 0 bridgehead atoms. The van der Waals surface area contributed by atoms with E-state index in [2.05, 4.69) is 0 Å². The van der Waals surface area contributed by atoms with Crippen molar-refractivity contribution in [3.05, 3.63) is 23.8 Å². The van der Waals surface area contributed by atoms with Crippen molar-refractivity contribution < 1.29 is 18.3 Å². The van der Waals surface area contributed by atoms with Crippen LogP contribution in [0.2, 0.25) is 0 Å². The van der Waals surface area contributed by atoms with Gasteiger partial charge in [-0.1, -0.05) is 0 Å². The summed E-state index contributed by atoms with van der Waals surface area (Å²) in [6.45, 7) is 1.66. The summed E-state index contributed by atoms with van der Waals surface area (Å²) < 4.78 is 37.8. The number of anilines is 2. The number of aliphatic hydroxyl groups excluding tert-OH is 1. The van der Waals surface area contributed by atoms with E-state index < -0.39 is 11.7 Å². The molecule has 6 heteroatoms. The van der Waals surface area contributed by atoms with E-state index in [4.69, 9.17) is 10.8 Å². The molecule has 1 saturated heterocycles. The van der Waals surface area contributed by atoms with Gasteiger partial charge >= 0.3 is 6.18 Å². The molecule has 0 aromatic heterocycles. The third kappa shape index (κ3) is 3.36. The zero-order valence-electron chi connectivity index (χ0n) is 11.2. The second-order valence-corrected chi connectivity index (χ2v) is 5.24. The van der Waals surface area contributed by atoms with E-state index in [-0.39, 0.29) is 12.3 Å². The van der Waals surface area contributed by atoms with Crippen molar-refractivity contribution in [1.29, 1.82) is 0 Å². The van der Waals surface area contributed by atoms with Crippen molar-refractivity contribution >= 4 is 11.4 Å². The van der Waals surface area contributed by atoms with Crippen LogP contribution in [0, 0.1) is 5.92 Å². The van der Waals surface area contributed by atoms with Crippen molar-refractivity contribution in [3.63, 3.8) is 0 Å². The van der Waals surface area contributed by atoms with Gasteiger partial charge in [-0.2, -0.15) is 13.2 Å². The van der Waals surface area contributed by atoms with E-state index in [0.717, 1.165) is 44.5 Å². The Balaban J connectivity index is 2.16. The predicted octanol–water partition coefficient (Wildman–Crippen LogP) is 2.89.